The Hall–Kier alpha value is 0.326. The molecule has 0 aliphatic heterocycles. The van der Waals surface area contributed by atoms with Crippen molar-refractivity contribution in [3.63, 3.8) is 0 Å². The van der Waals surface area contributed by atoms with E-state index in [2.05, 4.69) is 6.92 Å². The first-order valence-electron chi connectivity index (χ1n) is 4.06. The molecule has 0 aromatic heterocycles. The van der Waals surface area contributed by atoms with Crippen molar-refractivity contribution < 1.29 is 5.11 Å². The molecule has 0 aliphatic carbocycles. The minimum atomic E-state index is -0.322. The molecule has 66 valence electrons. The predicted molar refractivity (Wildman–Crippen MR) is 55.5 cm³/mol. The third-order valence-corrected chi connectivity index (χ3v) is 1.67. The van der Waals surface area contributed by atoms with Crippen LogP contribution in [-0.4, -0.2) is 56.5 Å². The van der Waals surface area contributed by atoms with Gasteiger partial charge in [-0.1, -0.05) is 25.5 Å². The van der Waals surface area contributed by atoms with Gasteiger partial charge in [-0.15, -0.1) is 0 Å². The summed E-state index contributed by atoms with van der Waals surface area (Å²) in [5, 5.41) is 9.17. The molecule has 0 atom stereocenters. The second-order valence-electron chi connectivity index (χ2n) is 2.74. The van der Waals surface area contributed by atoms with E-state index in [1.54, 1.807) is 6.07 Å². The zero-order chi connectivity index (χ0) is 8.97. The molecule has 1 N–H and O–H groups in total. The number of aromatic hydroxyl groups is 1. The van der Waals surface area contributed by atoms with E-state index >= 15 is 0 Å². The van der Waals surface area contributed by atoms with Crippen LogP contribution in [-0.2, 0) is 6.42 Å². The molecule has 0 aliphatic rings. The third-order valence-electron chi connectivity index (χ3n) is 1.67. The molecular formula is C10H13KO2. The van der Waals surface area contributed by atoms with E-state index in [-0.39, 0.29) is 62.6 Å². The average Bonchev–Trinajstić information content (AvgIpc) is 2.16. The Kier molecular flexibility index (Phi) is 6.90. The Balaban J connectivity index is 0.00000144. The van der Waals surface area contributed by atoms with Crippen LogP contribution in [0.5, 0.6) is 5.75 Å². The summed E-state index contributed by atoms with van der Waals surface area (Å²) in [6.07, 6.45) is 1.90. The van der Waals surface area contributed by atoms with Crippen LogP contribution in [0.15, 0.2) is 29.1 Å². The summed E-state index contributed by atoms with van der Waals surface area (Å²) in [4.78, 5) is 10.9. The van der Waals surface area contributed by atoms with Crippen molar-refractivity contribution >= 4 is 51.4 Å². The molecule has 2 nitrogen and oxygen atoms in total. The Labute approximate surface area is 120 Å². The van der Waals surface area contributed by atoms with Crippen LogP contribution < -0.4 is 5.43 Å². The van der Waals surface area contributed by atoms with E-state index in [1.807, 2.05) is 6.07 Å². The molecule has 0 amide bonds. The summed E-state index contributed by atoms with van der Waals surface area (Å²) in [5.41, 5.74) is 0.675. The van der Waals surface area contributed by atoms with Crippen LogP contribution in [0, 0.1) is 0 Å². The minimum absolute atomic E-state index is 0. The van der Waals surface area contributed by atoms with E-state index < -0.39 is 0 Å². The quantitative estimate of drug-likeness (QED) is 0.731. The Morgan fingerprint density at radius 3 is 2.69 bits per heavy atom. The number of rotatable bonds is 2. The van der Waals surface area contributed by atoms with Crippen molar-refractivity contribution in [2.45, 2.75) is 19.8 Å². The summed E-state index contributed by atoms with van der Waals surface area (Å²) in [7, 11) is 0. The molecule has 0 unspecified atom stereocenters. The van der Waals surface area contributed by atoms with Crippen LogP contribution in [0.1, 0.15) is 18.9 Å². The van der Waals surface area contributed by atoms with Gasteiger partial charge in [-0.05, 0) is 24.1 Å². The van der Waals surface area contributed by atoms with Gasteiger partial charge >= 0.3 is 51.4 Å². The van der Waals surface area contributed by atoms with Gasteiger partial charge in [-0.3, -0.25) is 4.79 Å². The van der Waals surface area contributed by atoms with Gasteiger partial charge in [0.25, 0.3) is 0 Å². The first-order valence-corrected chi connectivity index (χ1v) is 4.06. The molecule has 1 aromatic rings. The maximum absolute atomic E-state index is 10.9. The predicted octanol–water partition coefficient (Wildman–Crippen LogP) is 1.06. The molecule has 0 radical (unpaired) electrons. The van der Waals surface area contributed by atoms with Gasteiger partial charge in [0.15, 0.2) is 5.75 Å². The van der Waals surface area contributed by atoms with Gasteiger partial charge in [-0.25, -0.2) is 0 Å². The molecule has 0 spiro atoms. The second-order valence-corrected chi connectivity index (χ2v) is 2.74. The first-order chi connectivity index (χ1) is 5.74. The van der Waals surface area contributed by atoms with E-state index in [9.17, 15) is 9.90 Å². The van der Waals surface area contributed by atoms with E-state index in [0.717, 1.165) is 18.4 Å². The van der Waals surface area contributed by atoms with Gasteiger partial charge in [-0.2, -0.15) is 0 Å². The molecule has 1 aromatic carbocycles. The summed E-state index contributed by atoms with van der Waals surface area (Å²) in [6, 6.07) is 6.43. The monoisotopic (exact) mass is 204 g/mol. The Bertz CT molecular complexity index is 323. The fourth-order valence-corrected chi connectivity index (χ4v) is 1.08. The van der Waals surface area contributed by atoms with Gasteiger partial charge in [0.1, 0.15) is 0 Å². The van der Waals surface area contributed by atoms with Crippen LogP contribution in [0.4, 0.5) is 0 Å². The van der Waals surface area contributed by atoms with Crippen molar-refractivity contribution in [1.82, 2.24) is 0 Å². The van der Waals surface area contributed by atoms with Gasteiger partial charge in [0.05, 0.1) is 0 Å². The molecule has 0 fully saturated rings. The molecule has 13 heavy (non-hydrogen) atoms. The molecular weight excluding hydrogens is 191 g/mol. The number of hydrogen-bond donors (Lipinski definition) is 1. The number of hydrogen-bond acceptors (Lipinski definition) is 2. The van der Waals surface area contributed by atoms with Gasteiger partial charge < -0.3 is 5.11 Å². The number of aryl methyl sites for hydroxylation is 1. The summed E-state index contributed by atoms with van der Waals surface area (Å²) < 4.78 is 0. The molecule has 0 saturated heterocycles. The van der Waals surface area contributed by atoms with Crippen molar-refractivity contribution in [3.05, 3.63) is 40.1 Å². The Morgan fingerprint density at radius 1 is 1.38 bits per heavy atom. The SMILES string of the molecule is CCCc1cccc(=O)c(O)c1.[KH]. The fraction of sp³-hybridized carbons (Fsp3) is 0.300. The first kappa shape index (κ1) is 13.3. The summed E-state index contributed by atoms with van der Waals surface area (Å²) >= 11 is 0. The standard InChI is InChI=1S/C10H12O2.K.H/c1-2-4-8-5-3-6-9(11)10(12)7-8;;/h3,5-7H,2,4H2,1H3,(H,11,12);;. The van der Waals surface area contributed by atoms with E-state index in [1.165, 1.54) is 12.1 Å². The summed E-state index contributed by atoms with van der Waals surface area (Å²) in [6.45, 7) is 2.06. The molecule has 0 bridgehead atoms. The zero-order valence-corrected chi connectivity index (χ0v) is 7.08. The van der Waals surface area contributed by atoms with Crippen molar-refractivity contribution in [1.29, 1.82) is 0 Å². The van der Waals surface area contributed by atoms with Crippen molar-refractivity contribution in [3.8, 4) is 5.75 Å². The van der Waals surface area contributed by atoms with Crippen LogP contribution in [0.3, 0.4) is 0 Å². The molecule has 0 heterocycles. The van der Waals surface area contributed by atoms with Crippen LogP contribution >= 0.6 is 0 Å². The second kappa shape index (κ2) is 6.73. The molecule has 3 heteroatoms. The Morgan fingerprint density at radius 2 is 2.08 bits per heavy atom. The molecule has 1 rings (SSSR count). The normalized spacial score (nSPS) is 9.00. The van der Waals surface area contributed by atoms with E-state index in [4.69, 9.17) is 0 Å². The zero-order valence-electron chi connectivity index (χ0n) is 7.08. The van der Waals surface area contributed by atoms with Crippen LogP contribution in [0.2, 0.25) is 0 Å². The van der Waals surface area contributed by atoms with Crippen LogP contribution in [0.25, 0.3) is 0 Å². The topological polar surface area (TPSA) is 37.3 Å². The van der Waals surface area contributed by atoms with Gasteiger partial charge in [0.2, 0.25) is 5.43 Å². The average molecular weight is 204 g/mol. The third kappa shape index (κ3) is 4.38. The summed E-state index contributed by atoms with van der Waals surface area (Å²) in [5.74, 6) is -0.163. The fourth-order valence-electron chi connectivity index (χ4n) is 1.08. The van der Waals surface area contributed by atoms with Crippen molar-refractivity contribution in [2.75, 3.05) is 0 Å². The molecule has 0 saturated carbocycles. The van der Waals surface area contributed by atoms with Gasteiger partial charge in [0, 0.05) is 0 Å². The van der Waals surface area contributed by atoms with Crippen molar-refractivity contribution in [2.24, 2.45) is 0 Å². The van der Waals surface area contributed by atoms with E-state index in [0.29, 0.717) is 0 Å². The maximum atomic E-state index is 10.9.